The predicted molar refractivity (Wildman–Crippen MR) is 71.9 cm³/mol. The Hall–Kier alpha value is -1.60. The number of carbonyl (C=O) groups excluding carboxylic acids is 1. The van der Waals surface area contributed by atoms with Gasteiger partial charge in [-0.05, 0) is 13.0 Å². The van der Waals surface area contributed by atoms with Gasteiger partial charge in [0.25, 0.3) is 5.69 Å². The number of nitrogens with one attached hydrogen (secondary N) is 1. The second kappa shape index (κ2) is 6.03. The van der Waals surface area contributed by atoms with Crippen LogP contribution in [0.15, 0.2) is 24.3 Å². The number of carbonyl (C=O) groups is 1. The highest BCUT2D eigenvalue weighted by molar-refractivity contribution is 7.99. The molecule has 0 bridgehead atoms. The van der Waals surface area contributed by atoms with Crippen molar-refractivity contribution in [3.8, 4) is 0 Å². The van der Waals surface area contributed by atoms with Crippen LogP contribution in [0.4, 0.5) is 5.69 Å². The Morgan fingerprint density at radius 3 is 3.00 bits per heavy atom. The second-order valence-electron chi connectivity index (χ2n) is 4.00. The SMILES string of the molecule is CCOC(=O)[C@@H]1CS[C@@H](c2ccccc2[N+](=O)[O-])N1. The van der Waals surface area contributed by atoms with Gasteiger partial charge in [0.1, 0.15) is 6.04 Å². The van der Waals surface area contributed by atoms with Crippen LogP contribution in [0, 0.1) is 10.1 Å². The van der Waals surface area contributed by atoms with Crippen molar-refractivity contribution in [3.05, 3.63) is 39.9 Å². The first kappa shape index (κ1) is 13.8. The van der Waals surface area contributed by atoms with E-state index in [4.69, 9.17) is 4.74 Å². The summed E-state index contributed by atoms with van der Waals surface area (Å²) in [4.78, 5) is 22.2. The van der Waals surface area contributed by atoms with Gasteiger partial charge in [0.15, 0.2) is 0 Å². The van der Waals surface area contributed by atoms with Gasteiger partial charge in [-0.15, -0.1) is 11.8 Å². The van der Waals surface area contributed by atoms with Crippen LogP contribution in [0.5, 0.6) is 0 Å². The summed E-state index contributed by atoms with van der Waals surface area (Å²) in [7, 11) is 0. The van der Waals surface area contributed by atoms with Crippen LogP contribution in [-0.2, 0) is 9.53 Å². The summed E-state index contributed by atoms with van der Waals surface area (Å²) in [6.07, 6.45) is 0. The molecule has 6 nitrogen and oxygen atoms in total. The molecule has 1 aromatic carbocycles. The number of hydrogen-bond acceptors (Lipinski definition) is 6. The molecule has 2 atom stereocenters. The number of hydrogen-bond donors (Lipinski definition) is 1. The third-order valence-electron chi connectivity index (χ3n) is 2.77. The highest BCUT2D eigenvalue weighted by Crippen LogP contribution is 2.37. The Morgan fingerprint density at radius 1 is 1.58 bits per heavy atom. The molecule has 1 N–H and O–H groups in total. The number of nitro benzene ring substituents is 1. The maximum Gasteiger partial charge on any atom is 0.324 e. The monoisotopic (exact) mass is 282 g/mol. The molecule has 19 heavy (non-hydrogen) atoms. The fourth-order valence-electron chi connectivity index (χ4n) is 1.91. The molecule has 0 aliphatic carbocycles. The van der Waals surface area contributed by atoms with E-state index in [0.29, 0.717) is 17.9 Å². The lowest BCUT2D eigenvalue weighted by molar-refractivity contribution is -0.385. The molecule has 1 aromatic rings. The maximum atomic E-state index is 11.6. The number of esters is 1. The van der Waals surface area contributed by atoms with Crippen molar-refractivity contribution in [2.24, 2.45) is 0 Å². The number of para-hydroxylation sites is 1. The van der Waals surface area contributed by atoms with Crippen LogP contribution >= 0.6 is 11.8 Å². The van der Waals surface area contributed by atoms with Crippen LogP contribution in [-0.4, -0.2) is 29.3 Å². The lowest BCUT2D eigenvalue weighted by Crippen LogP contribution is -2.35. The molecular formula is C12H14N2O4S. The van der Waals surface area contributed by atoms with Gasteiger partial charge in [-0.25, -0.2) is 0 Å². The van der Waals surface area contributed by atoms with Gasteiger partial charge >= 0.3 is 5.97 Å². The Balaban J connectivity index is 2.13. The van der Waals surface area contributed by atoms with E-state index in [2.05, 4.69) is 5.32 Å². The zero-order valence-electron chi connectivity index (χ0n) is 10.4. The van der Waals surface area contributed by atoms with Crippen molar-refractivity contribution >= 4 is 23.4 Å². The summed E-state index contributed by atoms with van der Waals surface area (Å²) >= 11 is 1.47. The Bertz CT molecular complexity index is 494. The highest BCUT2D eigenvalue weighted by atomic mass is 32.2. The van der Waals surface area contributed by atoms with E-state index in [1.54, 1.807) is 25.1 Å². The quantitative estimate of drug-likeness (QED) is 0.515. The van der Waals surface area contributed by atoms with Crippen LogP contribution in [0.25, 0.3) is 0 Å². The molecule has 1 saturated heterocycles. The van der Waals surface area contributed by atoms with E-state index in [1.807, 2.05) is 0 Å². The molecule has 1 aliphatic heterocycles. The van der Waals surface area contributed by atoms with Crippen molar-refractivity contribution in [2.45, 2.75) is 18.3 Å². The van der Waals surface area contributed by atoms with Gasteiger partial charge in [-0.1, -0.05) is 12.1 Å². The average Bonchev–Trinajstić information content (AvgIpc) is 2.88. The van der Waals surface area contributed by atoms with Gasteiger partial charge in [-0.2, -0.15) is 0 Å². The van der Waals surface area contributed by atoms with Crippen LogP contribution in [0.1, 0.15) is 17.9 Å². The highest BCUT2D eigenvalue weighted by Gasteiger charge is 2.34. The molecule has 0 saturated carbocycles. The summed E-state index contributed by atoms with van der Waals surface area (Å²) in [6, 6.07) is 6.15. The second-order valence-corrected chi connectivity index (χ2v) is 5.14. The third-order valence-corrected chi connectivity index (χ3v) is 4.02. The number of nitrogens with zero attached hydrogens (tertiary/aromatic N) is 1. The fraction of sp³-hybridized carbons (Fsp3) is 0.417. The van der Waals surface area contributed by atoms with Gasteiger partial charge in [0.05, 0.1) is 22.5 Å². The van der Waals surface area contributed by atoms with Gasteiger partial charge in [-0.3, -0.25) is 20.2 Å². The molecule has 0 radical (unpaired) electrons. The molecule has 102 valence electrons. The van der Waals surface area contributed by atoms with Crippen LogP contribution in [0.2, 0.25) is 0 Å². The molecule has 7 heteroatoms. The summed E-state index contributed by atoms with van der Waals surface area (Å²) in [6.45, 7) is 2.08. The minimum Gasteiger partial charge on any atom is -0.465 e. The zero-order chi connectivity index (χ0) is 13.8. The molecule has 1 aliphatic rings. The van der Waals surface area contributed by atoms with E-state index in [1.165, 1.54) is 17.8 Å². The minimum atomic E-state index is -0.408. The molecule has 0 unspecified atom stereocenters. The number of nitro groups is 1. The molecule has 0 spiro atoms. The van der Waals surface area contributed by atoms with Crippen molar-refractivity contribution in [1.29, 1.82) is 0 Å². The van der Waals surface area contributed by atoms with E-state index >= 15 is 0 Å². The topological polar surface area (TPSA) is 81.5 Å². The summed E-state index contributed by atoms with van der Waals surface area (Å²) in [5.74, 6) is 0.242. The number of ether oxygens (including phenoxy) is 1. The lowest BCUT2D eigenvalue weighted by atomic mass is 10.1. The molecule has 1 fully saturated rings. The average molecular weight is 282 g/mol. The first-order chi connectivity index (χ1) is 9.13. The predicted octanol–water partition coefficient (Wildman–Crippen LogP) is 1.86. The Morgan fingerprint density at radius 2 is 2.32 bits per heavy atom. The minimum absolute atomic E-state index is 0.0667. The molecule has 0 amide bonds. The summed E-state index contributed by atoms with van der Waals surface area (Å²) < 4.78 is 4.94. The third kappa shape index (κ3) is 3.05. The lowest BCUT2D eigenvalue weighted by Gasteiger charge is -2.12. The number of thioether (sulfide) groups is 1. The molecular weight excluding hydrogens is 268 g/mol. The van der Waals surface area contributed by atoms with Crippen LogP contribution < -0.4 is 5.32 Å². The maximum absolute atomic E-state index is 11.6. The molecule has 2 rings (SSSR count). The number of rotatable bonds is 4. The largest absolute Gasteiger partial charge is 0.465 e. The van der Waals surface area contributed by atoms with E-state index < -0.39 is 11.0 Å². The van der Waals surface area contributed by atoms with Gasteiger partial charge in [0.2, 0.25) is 0 Å². The number of benzene rings is 1. The van der Waals surface area contributed by atoms with E-state index in [-0.39, 0.29) is 17.0 Å². The standard InChI is InChI=1S/C12H14N2O4S/c1-2-18-12(15)9-7-19-11(13-9)8-5-3-4-6-10(8)14(16)17/h3-6,9,11,13H,2,7H2,1H3/t9-,11-/m0/s1. The van der Waals surface area contributed by atoms with Crippen molar-refractivity contribution < 1.29 is 14.5 Å². The van der Waals surface area contributed by atoms with E-state index in [0.717, 1.165) is 0 Å². The normalized spacial score (nSPS) is 22.2. The first-order valence-electron chi connectivity index (χ1n) is 5.91. The fourth-order valence-corrected chi connectivity index (χ4v) is 3.16. The smallest absolute Gasteiger partial charge is 0.324 e. The zero-order valence-corrected chi connectivity index (χ0v) is 11.2. The Labute approximate surface area is 114 Å². The van der Waals surface area contributed by atoms with Crippen molar-refractivity contribution in [3.63, 3.8) is 0 Å². The molecule has 0 aromatic heterocycles. The van der Waals surface area contributed by atoms with Gasteiger partial charge < -0.3 is 4.74 Å². The van der Waals surface area contributed by atoms with Crippen LogP contribution in [0.3, 0.4) is 0 Å². The van der Waals surface area contributed by atoms with Crippen molar-refractivity contribution in [2.75, 3.05) is 12.4 Å². The summed E-state index contributed by atoms with van der Waals surface area (Å²) in [5.41, 5.74) is 0.654. The van der Waals surface area contributed by atoms with Gasteiger partial charge in [0, 0.05) is 11.8 Å². The summed E-state index contributed by atoms with van der Waals surface area (Å²) in [5, 5.41) is 13.8. The van der Waals surface area contributed by atoms with E-state index in [9.17, 15) is 14.9 Å². The molecule has 1 heterocycles. The Kier molecular flexibility index (Phi) is 4.39. The van der Waals surface area contributed by atoms with Crippen molar-refractivity contribution in [1.82, 2.24) is 5.32 Å². The first-order valence-corrected chi connectivity index (χ1v) is 6.96.